The molecule has 0 atom stereocenters. The Kier molecular flexibility index (Phi) is 3.93. The largest absolute Gasteiger partial charge is 0.456 e. The Hall–Kier alpha value is -4.01. The van der Waals surface area contributed by atoms with Crippen LogP contribution >= 0.6 is 11.6 Å². The van der Waals surface area contributed by atoms with Crippen molar-refractivity contribution in [1.29, 1.82) is 0 Å². The van der Waals surface area contributed by atoms with Crippen molar-refractivity contribution in [2.45, 2.75) is 0 Å². The van der Waals surface area contributed by atoms with E-state index in [0.717, 1.165) is 33.2 Å². The highest BCUT2D eigenvalue weighted by atomic mass is 35.5. The molecule has 0 radical (unpaired) electrons. The fourth-order valence-electron chi connectivity index (χ4n) is 4.94. The molecule has 7 rings (SSSR count). The highest BCUT2D eigenvalue weighted by Gasteiger charge is 2.14. The standard InChI is InChI=1S/C30H18ClNO/c31-21-12-14-25-26-16-19(11-15-29(26)33-30(25)18-21)20-10-13-24-23-8-4-5-9-27(23)32(28(24)17-20)22-6-2-1-3-7-22/h1-18H. The van der Waals surface area contributed by atoms with Gasteiger partial charge in [-0.1, -0.05) is 66.2 Å². The molecule has 7 aromatic rings. The van der Waals surface area contributed by atoms with Crippen molar-refractivity contribution < 1.29 is 4.42 Å². The first-order valence-corrected chi connectivity index (χ1v) is 11.3. The third-order valence-corrected chi connectivity index (χ3v) is 6.69. The molecular weight excluding hydrogens is 426 g/mol. The van der Waals surface area contributed by atoms with E-state index in [1.807, 2.05) is 18.2 Å². The zero-order valence-electron chi connectivity index (χ0n) is 17.6. The first-order valence-electron chi connectivity index (χ1n) is 11.0. The van der Waals surface area contributed by atoms with Gasteiger partial charge in [0.15, 0.2) is 0 Å². The summed E-state index contributed by atoms with van der Waals surface area (Å²) in [4.78, 5) is 0. The Labute approximate surface area is 195 Å². The number of halogens is 1. The van der Waals surface area contributed by atoms with Gasteiger partial charge in [-0.2, -0.15) is 0 Å². The van der Waals surface area contributed by atoms with Crippen molar-refractivity contribution in [3.05, 3.63) is 114 Å². The molecule has 156 valence electrons. The lowest BCUT2D eigenvalue weighted by molar-refractivity contribution is 0.669. The molecule has 0 unspecified atom stereocenters. The van der Waals surface area contributed by atoms with Crippen LogP contribution in [0.3, 0.4) is 0 Å². The minimum Gasteiger partial charge on any atom is -0.456 e. The second-order valence-corrected chi connectivity index (χ2v) is 8.81. The van der Waals surface area contributed by atoms with Crippen LogP contribution in [0.15, 0.2) is 114 Å². The van der Waals surface area contributed by atoms with Gasteiger partial charge in [0.05, 0.1) is 11.0 Å². The van der Waals surface area contributed by atoms with Gasteiger partial charge in [0.1, 0.15) is 11.2 Å². The second kappa shape index (κ2) is 6.99. The molecule has 0 saturated heterocycles. The second-order valence-electron chi connectivity index (χ2n) is 8.37. The van der Waals surface area contributed by atoms with E-state index in [4.69, 9.17) is 16.0 Å². The van der Waals surface area contributed by atoms with E-state index in [-0.39, 0.29) is 0 Å². The first kappa shape index (κ1) is 18.6. The van der Waals surface area contributed by atoms with Gasteiger partial charge < -0.3 is 8.98 Å². The van der Waals surface area contributed by atoms with Gasteiger partial charge in [0.25, 0.3) is 0 Å². The summed E-state index contributed by atoms with van der Waals surface area (Å²) in [6.45, 7) is 0. The molecule has 2 heterocycles. The Morgan fingerprint density at radius 2 is 1.24 bits per heavy atom. The van der Waals surface area contributed by atoms with E-state index in [2.05, 4.69) is 95.6 Å². The van der Waals surface area contributed by atoms with E-state index >= 15 is 0 Å². The maximum Gasteiger partial charge on any atom is 0.136 e. The molecule has 0 aliphatic heterocycles. The van der Waals surface area contributed by atoms with Crippen molar-refractivity contribution in [3.8, 4) is 16.8 Å². The zero-order chi connectivity index (χ0) is 21.9. The lowest BCUT2D eigenvalue weighted by Gasteiger charge is -2.09. The van der Waals surface area contributed by atoms with Crippen LogP contribution in [-0.2, 0) is 0 Å². The molecule has 0 aliphatic carbocycles. The molecule has 0 bridgehead atoms. The van der Waals surface area contributed by atoms with E-state index in [1.165, 1.54) is 27.4 Å². The molecule has 0 N–H and O–H groups in total. The van der Waals surface area contributed by atoms with Crippen LogP contribution < -0.4 is 0 Å². The third-order valence-electron chi connectivity index (χ3n) is 6.45. The quantitative estimate of drug-likeness (QED) is 0.260. The fraction of sp³-hybridized carbons (Fsp3) is 0. The number of fused-ring (bicyclic) bond motifs is 6. The van der Waals surface area contributed by atoms with Gasteiger partial charge in [0, 0.05) is 38.3 Å². The average molecular weight is 444 g/mol. The van der Waals surface area contributed by atoms with Crippen LogP contribution in [0.4, 0.5) is 0 Å². The number of aromatic nitrogens is 1. The molecule has 0 spiro atoms. The zero-order valence-corrected chi connectivity index (χ0v) is 18.4. The lowest BCUT2D eigenvalue weighted by atomic mass is 10.0. The molecule has 2 aromatic heterocycles. The van der Waals surface area contributed by atoms with Crippen molar-refractivity contribution >= 4 is 55.3 Å². The topological polar surface area (TPSA) is 18.1 Å². The van der Waals surface area contributed by atoms with Crippen LogP contribution in [0.25, 0.3) is 60.6 Å². The SMILES string of the molecule is Clc1ccc2c(c1)oc1ccc(-c3ccc4c5ccccc5n(-c5ccccc5)c4c3)cc12. The minimum absolute atomic E-state index is 0.681. The Morgan fingerprint density at radius 3 is 2.15 bits per heavy atom. The van der Waals surface area contributed by atoms with E-state index in [0.29, 0.717) is 5.02 Å². The fourth-order valence-corrected chi connectivity index (χ4v) is 5.10. The number of hydrogen-bond acceptors (Lipinski definition) is 1. The predicted molar refractivity (Wildman–Crippen MR) is 139 cm³/mol. The van der Waals surface area contributed by atoms with Crippen LogP contribution in [-0.4, -0.2) is 4.57 Å². The van der Waals surface area contributed by atoms with Gasteiger partial charge in [-0.05, 0) is 59.7 Å². The number of para-hydroxylation sites is 2. The Balaban J connectivity index is 1.49. The van der Waals surface area contributed by atoms with Gasteiger partial charge in [-0.3, -0.25) is 0 Å². The summed E-state index contributed by atoms with van der Waals surface area (Å²) >= 11 is 6.17. The van der Waals surface area contributed by atoms with E-state index in [1.54, 1.807) is 0 Å². The Bertz CT molecular complexity index is 1830. The monoisotopic (exact) mass is 443 g/mol. The van der Waals surface area contributed by atoms with Gasteiger partial charge in [-0.25, -0.2) is 0 Å². The molecule has 5 aromatic carbocycles. The summed E-state index contributed by atoms with van der Waals surface area (Å²) in [5, 5.41) is 5.37. The normalized spacial score (nSPS) is 11.8. The number of furan rings is 1. The van der Waals surface area contributed by atoms with Crippen LogP contribution in [0.2, 0.25) is 5.02 Å². The van der Waals surface area contributed by atoms with Gasteiger partial charge in [-0.15, -0.1) is 0 Å². The lowest BCUT2D eigenvalue weighted by Crippen LogP contribution is -1.93. The number of nitrogens with zero attached hydrogens (tertiary/aromatic N) is 1. The van der Waals surface area contributed by atoms with Crippen molar-refractivity contribution in [1.82, 2.24) is 4.57 Å². The van der Waals surface area contributed by atoms with Crippen LogP contribution in [0.1, 0.15) is 0 Å². The summed E-state index contributed by atoms with van der Waals surface area (Å²) in [7, 11) is 0. The van der Waals surface area contributed by atoms with Crippen molar-refractivity contribution in [3.63, 3.8) is 0 Å². The smallest absolute Gasteiger partial charge is 0.136 e. The number of benzene rings is 5. The highest BCUT2D eigenvalue weighted by Crippen LogP contribution is 2.37. The molecule has 33 heavy (non-hydrogen) atoms. The summed E-state index contributed by atoms with van der Waals surface area (Å²) in [6, 6.07) is 38.1. The average Bonchev–Trinajstić information content (AvgIpc) is 3.38. The first-order chi connectivity index (χ1) is 16.3. The molecule has 0 aliphatic rings. The molecular formula is C30H18ClNO. The number of rotatable bonds is 2. The molecule has 0 fully saturated rings. The summed E-state index contributed by atoms with van der Waals surface area (Å²) in [5.74, 6) is 0. The molecule has 3 heteroatoms. The number of hydrogen-bond donors (Lipinski definition) is 0. The minimum atomic E-state index is 0.681. The molecule has 0 saturated carbocycles. The van der Waals surface area contributed by atoms with Gasteiger partial charge in [0.2, 0.25) is 0 Å². The van der Waals surface area contributed by atoms with Crippen LogP contribution in [0.5, 0.6) is 0 Å². The summed E-state index contributed by atoms with van der Waals surface area (Å²) < 4.78 is 8.37. The van der Waals surface area contributed by atoms with E-state index < -0.39 is 0 Å². The molecule has 2 nitrogen and oxygen atoms in total. The third kappa shape index (κ3) is 2.81. The van der Waals surface area contributed by atoms with Crippen molar-refractivity contribution in [2.24, 2.45) is 0 Å². The summed E-state index contributed by atoms with van der Waals surface area (Å²) in [5.41, 5.74) is 7.59. The Morgan fingerprint density at radius 1 is 0.515 bits per heavy atom. The van der Waals surface area contributed by atoms with Gasteiger partial charge >= 0.3 is 0 Å². The summed E-state index contributed by atoms with van der Waals surface area (Å²) in [6.07, 6.45) is 0. The predicted octanol–water partition coefficient (Wildman–Crippen LogP) is 9.00. The van der Waals surface area contributed by atoms with Crippen molar-refractivity contribution in [2.75, 3.05) is 0 Å². The maximum absolute atomic E-state index is 6.17. The van der Waals surface area contributed by atoms with Crippen LogP contribution in [0, 0.1) is 0 Å². The highest BCUT2D eigenvalue weighted by molar-refractivity contribution is 6.31. The molecule has 0 amide bonds. The maximum atomic E-state index is 6.17. The van der Waals surface area contributed by atoms with E-state index in [9.17, 15) is 0 Å².